The number of nitrogens with one attached hydrogen (secondary N) is 2. The first-order valence-corrected chi connectivity index (χ1v) is 16.2. The molecule has 0 aliphatic heterocycles. The molecule has 0 saturated carbocycles. The topological polar surface area (TPSA) is 157 Å². The molecule has 0 fully saturated rings. The van der Waals surface area contributed by atoms with Gasteiger partial charge in [-0.3, -0.25) is 14.4 Å². The molecule has 3 atom stereocenters. The molecule has 0 bridgehead atoms. The van der Waals surface area contributed by atoms with Crippen LogP contribution in [0.3, 0.4) is 0 Å². The van der Waals surface area contributed by atoms with Gasteiger partial charge < -0.3 is 30.7 Å². The van der Waals surface area contributed by atoms with E-state index in [1.807, 2.05) is 37.3 Å². The number of terminal acetylenes is 1. The number of nitrogens with zero attached hydrogens (tertiary/aromatic N) is 1. The first kappa shape index (κ1) is 39.3. The molecule has 2 rings (SSSR count). The molecule has 2 aromatic carbocycles. The van der Waals surface area contributed by atoms with Crippen molar-refractivity contribution in [3.05, 3.63) is 71.3 Å². The SMILES string of the molecule is C#Cc1ccccc1C(C(=O)NC(Cc1ccccc1)C(=O)OC(C)(C)C)N(CCCC)C(=O)C(CCC(N)=O)NC(=O)OC(C)(C)C. The Labute approximate surface area is 284 Å². The number of esters is 1. The molecular weight excluding hydrogens is 612 g/mol. The van der Waals surface area contributed by atoms with Gasteiger partial charge in [0, 0.05) is 24.9 Å². The summed E-state index contributed by atoms with van der Waals surface area (Å²) in [4.78, 5) is 68.5. The van der Waals surface area contributed by atoms with E-state index in [1.165, 1.54) is 4.90 Å². The van der Waals surface area contributed by atoms with Gasteiger partial charge in [-0.1, -0.05) is 67.8 Å². The fourth-order valence-corrected chi connectivity index (χ4v) is 4.87. The van der Waals surface area contributed by atoms with Gasteiger partial charge >= 0.3 is 12.1 Å². The van der Waals surface area contributed by atoms with E-state index >= 15 is 0 Å². The molecular formula is C37H50N4O7. The minimum absolute atomic E-state index is 0.0885. The number of ether oxygens (including phenoxy) is 2. The van der Waals surface area contributed by atoms with Crippen LogP contribution in [0.2, 0.25) is 0 Å². The number of hydrogen-bond donors (Lipinski definition) is 3. The highest BCUT2D eigenvalue weighted by molar-refractivity contribution is 5.94. The van der Waals surface area contributed by atoms with Crippen LogP contribution >= 0.6 is 0 Å². The van der Waals surface area contributed by atoms with E-state index in [1.54, 1.807) is 65.8 Å². The summed E-state index contributed by atoms with van der Waals surface area (Å²) < 4.78 is 11.1. The van der Waals surface area contributed by atoms with Crippen LogP contribution in [0.5, 0.6) is 0 Å². The van der Waals surface area contributed by atoms with E-state index in [0.29, 0.717) is 24.0 Å². The predicted molar refractivity (Wildman–Crippen MR) is 183 cm³/mol. The maximum Gasteiger partial charge on any atom is 0.408 e. The summed E-state index contributed by atoms with van der Waals surface area (Å²) in [5, 5.41) is 5.42. The standard InChI is InChI=1S/C37H50N4O7/c1-9-11-23-41(33(44)28(21-22-30(38)42)40-35(46)48-37(6,7)8)31(27-20-16-15-19-26(27)10-2)32(43)39-29(34(45)47-36(3,4)5)24-25-17-13-12-14-18-25/h2,12-20,28-29,31H,9,11,21-24H2,1,3-8H3,(H2,38,42)(H,39,43)(H,40,46). The minimum atomic E-state index is -1.33. The number of rotatable bonds is 15. The van der Waals surface area contributed by atoms with Crippen molar-refractivity contribution in [2.75, 3.05) is 6.54 Å². The Morgan fingerprint density at radius 2 is 1.48 bits per heavy atom. The van der Waals surface area contributed by atoms with Crippen molar-refractivity contribution in [1.29, 1.82) is 0 Å². The number of alkyl carbamates (subject to hydrolysis) is 1. The number of benzene rings is 2. The average Bonchev–Trinajstić information content (AvgIpc) is 2.99. The second-order valence-corrected chi connectivity index (χ2v) is 13.5. The summed E-state index contributed by atoms with van der Waals surface area (Å²) in [7, 11) is 0. The Kier molecular flexibility index (Phi) is 14.7. The van der Waals surface area contributed by atoms with Gasteiger partial charge in [-0.2, -0.15) is 0 Å². The van der Waals surface area contributed by atoms with Crippen molar-refractivity contribution in [2.45, 2.75) is 110 Å². The molecule has 0 saturated heterocycles. The van der Waals surface area contributed by atoms with Gasteiger partial charge in [0.05, 0.1) is 0 Å². The number of carbonyl (C=O) groups is 5. The lowest BCUT2D eigenvalue weighted by Gasteiger charge is -2.35. The monoisotopic (exact) mass is 662 g/mol. The van der Waals surface area contributed by atoms with Crippen LogP contribution in [0.25, 0.3) is 0 Å². The molecule has 2 aromatic rings. The van der Waals surface area contributed by atoms with Crippen molar-refractivity contribution >= 4 is 29.8 Å². The smallest absolute Gasteiger partial charge is 0.408 e. The summed E-state index contributed by atoms with van der Waals surface area (Å²) in [6.45, 7) is 12.2. The lowest BCUT2D eigenvalue weighted by Crippen LogP contribution is -2.55. The number of amides is 4. The first-order chi connectivity index (χ1) is 22.5. The summed E-state index contributed by atoms with van der Waals surface area (Å²) in [5.41, 5.74) is 5.19. The lowest BCUT2D eigenvalue weighted by molar-refractivity contribution is -0.159. The zero-order valence-corrected chi connectivity index (χ0v) is 29.1. The van der Waals surface area contributed by atoms with Crippen LogP contribution < -0.4 is 16.4 Å². The van der Waals surface area contributed by atoms with Crippen LogP contribution in [-0.4, -0.2) is 64.5 Å². The average molecular weight is 663 g/mol. The van der Waals surface area contributed by atoms with E-state index < -0.39 is 59.1 Å². The van der Waals surface area contributed by atoms with Gasteiger partial charge in [0.1, 0.15) is 29.3 Å². The predicted octanol–water partition coefficient (Wildman–Crippen LogP) is 4.57. The van der Waals surface area contributed by atoms with Crippen LogP contribution in [0, 0.1) is 12.3 Å². The summed E-state index contributed by atoms with van der Waals surface area (Å²) >= 11 is 0. The van der Waals surface area contributed by atoms with E-state index in [9.17, 15) is 24.0 Å². The Balaban J connectivity index is 2.68. The van der Waals surface area contributed by atoms with Crippen LogP contribution in [0.1, 0.15) is 96.9 Å². The molecule has 11 heteroatoms. The normalized spacial score (nSPS) is 13.2. The molecule has 3 unspecified atom stereocenters. The molecule has 0 aliphatic carbocycles. The van der Waals surface area contributed by atoms with Gasteiger partial charge in [0.15, 0.2) is 0 Å². The Morgan fingerprint density at radius 3 is 2.04 bits per heavy atom. The van der Waals surface area contributed by atoms with Gasteiger partial charge in [0.25, 0.3) is 0 Å². The van der Waals surface area contributed by atoms with Crippen LogP contribution in [-0.2, 0) is 35.1 Å². The molecule has 0 spiro atoms. The maximum absolute atomic E-state index is 14.5. The van der Waals surface area contributed by atoms with Gasteiger partial charge in [-0.25, -0.2) is 9.59 Å². The van der Waals surface area contributed by atoms with Crippen molar-refractivity contribution in [3.63, 3.8) is 0 Å². The first-order valence-electron chi connectivity index (χ1n) is 16.2. The third-order valence-electron chi connectivity index (χ3n) is 6.97. The Bertz CT molecular complexity index is 1450. The Hall–Kier alpha value is -4.85. The van der Waals surface area contributed by atoms with Gasteiger partial charge in [-0.15, -0.1) is 6.42 Å². The fourth-order valence-electron chi connectivity index (χ4n) is 4.87. The highest BCUT2D eigenvalue weighted by Gasteiger charge is 2.39. The van der Waals surface area contributed by atoms with Crippen molar-refractivity contribution < 1.29 is 33.4 Å². The Morgan fingerprint density at radius 1 is 0.875 bits per heavy atom. The zero-order valence-electron chi connectivity index (χ0n) is 29.1. The van der Waals surface area contributed by atoms with Gasteiger partial charge in [-0.05, 0) is 71.6 Å². The van der Waals surface area contributed by atoms with Gasteiger partial charge in [0.2, 0.25) is 17.7 Å². The minimum Gasteiger partial charge on any atom is -0.458 e. The van der Waals surface area contributed by atoms with Crippen molar-refractivity contribution in [3.8, 4) is 12.3 Å². The molecule has 0 radical (unpaired) electrons. The number of primary amides is 1. The highest BCUT2D eigenvalue weighted by Crippen LogP contribution is 2.27. The van der Waals surface area contributed by atoms with E-state index in [4.69, 9.17) is 21.6 Å². The summed E-state index contributed by atoms with van der Waals surface area (Å²) in [5.74, 6) is -0.0653. The van der Waals surface area contributed by atoms with E-state index in [0.717, 1.165) is 5.56 Å². The quantitative estimate of drug-likeness (QED) is 0.186. The molecule has 11 nitrogen and oxygen atoms in total. The highest BCUT2D eigenvalue weighted by atomic mass is 16.6. The van der Waals surface area contributed by atoms with Crippen molar-refractivity contribution in [1.82, 2.24) is 15.5 Å². The van der Waals surface area contributed by atoms with Crippen LogP contribution in [0.4, 0.5) is 4.79 Å². The van der Waals surface area contributed by atoms with Crippen molar-refractivity contribution in [2.24, 2.45) is 5.73 Å². The maximum atomic E-state index is 14.5. The summed E-state index contributed by atoms with van der Waals surface area (Å²) in [6, 6.07) is 12.1. The lowest BCUT2D eigenvalue weighted by atomic mass is 9.96. The molecule has 4 N–H and O–H groups in total. The molecule has 260 valence electrons. The summed E-state index contributed by atoms with van der Waals surface area (Å²) in [6.07, 6.45) is 5.90. The second kappa shape index (κ2) is 17.9. The third-order valence-corrected chi connectivity index (χ3v) is 6.97. The number of hydrogen-bond acceptors (Lipinski definition) is 7. The fraction of sp³-hybridized carbons (Fsp3) is 0.486. The zero-order chi connectivity index (χ0) is 36.1. The number of carbonyl (C=O) groups excluding carboxylic acids is 5. The molecule has 0 heterocycles. The van der Waals surface area contributed by atoms with Crippen LogP contribution in [0.15, 0.2) is 54.6 Å². The van der Waals surface area contributed by atoms with E-state index in [2.05, 4.69) is 16.6 Å². The molecule has 4 amide bonds. The van der Waals surface area contributed by atoms with E-state index in [-0.39, 0.29) is 25.8 Å². The molecule has 48 heavy (non-hydrogen) atoms. The third kappa shape index (κ3) is 13.1. The second-order valence-electron chi connectivity index (χ2n) is 13.5. The molecule has 0 aromatic heterocycles. The number of nitrogens with two attached hydrogens (primary N) is 1. The molecule has 0 aliphatic rings. The number of unbranched alkanes of at least 4 members (excludes halogenated alkanes) is 1. The largest absolute Gasteiger partial charge is 0.458 e.